The molecule has 0 aliphatic rings. The number of hydrogen-bond acceptors (Lipinski definition) is 0. The van der Waals surface area contributed by atoms with Crippen molar-refractivity contribution in [3.8, 4) is 5.69 Å². The summed E-state index contributed by atoms with van der Waals surface area (Å²) in [5, 5.41) is 2.49. The molecule has 0 fully saturated rings. The standard InChI is InChI=1S/C20H13BrN2/c21-13-10-11-15-17(12-13)22-19-16-8-4-5-9-18(16)23(20(15)19)14-6-2-1-3-7-14/h1-12,22H. The molecule has 2 heterocycles. The summed E-state index contributed by atoms with van der Waals surface area (Å²) in [4.78, 5) is 3.60. The third-order valence-corrected chi connectivity index (χ3v) is 4.88. The van der Waals surface area contributed by atoms with Crippen LogP contribution in [-0.4, -0.2) is 9.55 Å². The van der Waals surface area contributed by atoms with E-state index in [2.05, 4.69) is 98.3 Å². The molecule has 0 atom stereocenters. The van der Waals surface area contributed by atoms with E-state index >= 15 is 0 Å². The van der Waals surface area contributed by atoms with Gasteiger partial charge in [-0.2, -0.15) is 0 Å². The molecule has 5 rings (SSSR count). The summed E-state index contributed by atoms with van der Waals surface area (Å²) in [6, 6.07) is 25.5. The zero-order chi connectivity index (χ0) is 15.4. The van der Waals surface area contributed by atoms with Crippen LogP contribution in [0.15, 0.2) is 77.3 Å². The minimum Gasteiger partial charge on any atom is -0.353 e. The summed E-state index contributed by atoms with van der Waals surface area (Å²) in [6.45, 7) is 0. The van der Waals surface area contributed by atoms with Crippen molar-refractivity contribution in [2.24, 2.45) is 0 Å². The Morgan fingerprint density at radius 2 is 1.57 bits per heavy atom. The van der Waals surface area contributed by atoms with Crippen LogP contribution in [0.1, 0.15) is 0 Å². The molecule has 0 spiro atoms. The molecule has 0 radical (unpaired) electrons. The molecule has 0 saturated carbocycles. The van der Waals surface area contributed by atoms with Gasteiger partial charge in [0.2, 0.25) is 0 Å². The molecule has 1 N–H and O–H groups in total. The van der Waals surface area contributed by atoms with Crippen LogP contribution < -0.4 is 0 Å². The SMILES string of the molecule is Brc1ccc2c(c1)[nH]c1c3ccccc3n(-c3ccccc3)c21. The molecule has 0 saturated heterocycles. The van der Waals surface area contributed by atoms with Gasteiger partial charge in [0.15, 0.2) is 0 Å². The monoisotopic (exact) mass is 360 g/mol. The van der Waals surface area contributed by atoms with Gasteiger partial charge in [0.25, 0.3) is 0 Å². The van der Waals surface area contributed by atoms with E-state index in [0.29, 0.717) is 0 Å². The van der Waals surface area contributed by atoms with E-state index < -0.39 is 0 Å². The van der Waals surface area contributed by atoms with Crippen molar-refractivity contribution < 1.29 is 0 Å². The van der Waals surface area contributed by atoms with E-state index in [4.69, 9.17) is 0 Å². The Bertz CT molecular complexity index is 1170. The lowest BCUT2D eigenvalue weighted by Crippen LogP contribution is -1.92. The maximum atomic E-state index is 3.60. The van der Waals surface area contributed by atoms with Gasteiger partial charge >= 0.3 is 0 Å². The number of aromatic amines is 1. The van der Waals surface area contributed by atoms with Crippen molar-refractivity contribution in [1.82, 2.24) is 9.55 Å². The Hall–Kier alpha value is -2.52. The van der Waals surface area contributed by atoms with Gasteiger partial charge in [0.05, 0.1) is 16.6 Å². The molecule has 5 aromatic rings. The summed E-state index contributed by atoms with van der Waals surface area (Å²) in [5.41, 5.74) is 5.99. The van der Waals surface area contributed by atoms with Gasteiger partial charge in [0.1, 0.15) is 0 Å². The molecule has 3 aromatic carbocycles. The van der Waals surface area contributed by atoms with Gasteiger partial charge in [-0.25, -0.2) is 0 Å². The van der Waals surface area contributed by atoms with Gasteiger partial charge in [0, 0.05) is 26.4 Å². The lowest BCUT2D eigenvalue weighted by Gasteiger charge is -2.07. The zero-order valence-electron chi connectivity index (χ0n) is 12.3. The van der Waals surface area contributed by atoms with Gasteiger partial charge < -0.3 is 9.55 Å². The average Bonchev–Trinajstić information content (AvgIpc) is 3.09. The first-order chi connectivity index (χ1) is 11.3. The number of fused-ring (bicyclic) bond motifs is 5. The van der Waals surface area contributed by atoms with Crippen LogP contribution in [-0.2, 0) is 0 Å². The topological polar surface area (TPSA) is 20.7 Å². The third kappa shape index (κ3) is 1.80. The van der Waals surface area contributed by atoms with Crippen molar-refractivity contribution in [1.29, 1.82) is 0 Å². The lowest BCUT2D eigenvalue weighted by atomic mass is 10.2. The molecule has 0 aliphatic carbocycles. The first-order valence-electron chi connectivity index (χ1n) is 7.59. The maximum Gasteiger partial charge on any atom is 0.0797 e. The predicted molar refractivity (Wildman–Crippen MR) is 100 cm³/mol. The smallest absolute Gasteiger partial charge is 0.0797 e. The molecule has 2 aromatic heterocycles. The normalized spacial score (nSPS) is 11.7. The Labute approximate surface area is 141 Å². The number of rotatable bonds is 1. The fourth-order valence-corrected chi connectivity index (χ4v) is 3.79. The van der Waals surface area contributed by atoms with Crippen LogP contribution in [0, 0.1) is 0 Å². The Morgan fingerprint density at radius 1 is 0.783 bits per heavy atom. The minimum atomic E-state index is 1.09. The highest BCUT2D eigenvalue weighted by molar-refractivity contribution is 9.10. The van der Waals surface area contributed by atoms with Crippen molar-refractivity contribution in [2.75, 3.05) is 0 Å². The number of halogens is 1. The number of nitrogens with zero attached hydrogens (tertiary/aromatic N) is 1. The molecular weight excluding hydrogens is 348 g/mol. The van der Waals surface area contributed by atoms with Gasteiger partial charge in [-0.05, 0) is 36.4 Å². The summed E-state index contributed by atoms with van der Waals surface area (Å²) in [6.07, 6.45) is 0. The zero-order valence-corrected chi connectivity index (χ0v) is 13.8. The van der Waals surface area contributed by atoms with E-state index in [-0.39, 0.29) is 0 Å². The summed E-state index contributed by atoms with van der Waals surface area (Å²) in [5.74, 6) is 0. The molecule has 0 bridgehead atoms. The van der Waals surface area contributed by atoms with E-state index in [9.17, 15) is 0 Å². The summed E-state index contributed by atoms with van der Waals surface area (Å²) >= 11 is 3.56. The van der Waals surface area contributed by atoms with Crippen molar-refractivity contribution in [3.63, 3.8) is 0 Å². The minimum absolute atomic E-state index is 1.09. The first-order valence-corrected chi connectivity index (χ1v) is 8.38. The highest BCUT2D eigenvalue weighted by Gasteiger charge is 2.16. The number of para-hydroxylation sites is 2. The Balaban J connectivity index is 2.06. The number of aromatic nitrogens is 2. The van der Waals surface area contributed by atoms with Crippen molar-refractivity contribution in [3.05, 3.63) is 77.3 Å². The quantitative estimate of drug-likeness (QED) is 0.376. The number of H-pyrrole nitrogens is 1. The predicted octanol–water partition coefficient (Wildman–Crippen LogP) is 6.03. The molecule has 0 unspecified atom stereocenters. The van der Waals surface area contributed by atoms with E-state index in [1.54, 1.807) is 0 Å². The largest absolute Gasteiger partial charge is 0.353 e. The Kier molecular flexibility index (Phi) is 2.67. The van der Waals surface area contributed by atoms with Crippen LogP contribution in [0.4, 0.5) is 0 Å². The van der Waals surface area contributed by atoms with Gasteiger partial charge in [-0.15, -0.1) is 0 Å². The van der Waals surface area contributed by atoms with Crippen LogP contribution in [0.5, 0.6) is 0 Å². The number of nitrogens with one attached hydrogen (secondary N) is 1. The molecule has 0 amide bonds. The molecule has 110 valence electrons. The van der Waals surface area contributed by atoms with E-state index in [0.717, 1.165) is 9.99 Å². The molecule has 2 nitrogen and oxygen atoms in total. The maximum absolute atomic E-state index is 3.60. The molecule has 0 aliphatic heterocycles. The average molecular weight is 361 g/mol. The first kappa shape index (κ1) is 13.0. The lowest BCUT2D eigenvalue weighted by molar-refractivity contribution is 1.19. The summed E-state index contributed by atoms with van der Waals surface area (Å²) < 4.78 is 3.43. The fourth-order valence-electron chi connectivity index (χ4n) is 3.43. The molecular formula is C20H13BrN2. The highest BCUT2D eigenvalue weighted by atomic mass is 79.9. The second kappa shape index (κ2) is 4.74. The second-order valence-electron chi connectivity index (χ2n) is 5.73. The third-order valence-electron chi connectivity index (χ3n) is 4.39. The van der Waals surface area contributed by atoms with Crippen LogP contribution in [0.2, 0.25) is 0 Å². The van der Waals surface area contributed by atoms with Crippen molar-refractivity contribution >= 4 is 48.8 Å². The fraction of sp³-hybridized carbons (Fsp3) is 0. The molecule has 3 heteroatoms. The van der Waals surface area contributed by atoms with Crippen LogP contribution in [0.25, 0.3) is 38.5 Å². The van der Waals surface area contributed by atoms with Crippen molar-refractivity contribution in [2.45, 2.75) is 0 Å². The van der Waals surface area contributed by atoms with Gasteiger partial charge in [-0.3, -0.25) is 0 Å². The second-order valence-corrected chi connectivity index (χ2v) is 6.64. The Morgan fingerprint density at radius 3 is 2.43 bits per heavy atom. The van der Waals surface area contributed by atoms with Gasteiger partial charge in [-0.1, -0.05) is 52.3 Å². The molecule has 23 heavy (non-hydrogen) atoms. The van der Waals surface area contributed by atoms with Crippen LogP contribution in [0.3, 0.4) is 0 Å². The van der Waals surface area contributed by atoms with E-state index in [1.807, 2.05) is 0 Å². The summed E-state index contributed by atoms with van der Waals surface area (Å²) in [7, 11) is 0. The highest BCUT2D eigenvalue weighted by Crippen LogP contribution is 2.37. The van der Waals surface area contributed by atoms with Crippen LogP contribution >= 0.6 is 15.9 Å². The number of hydrogen-bond donors (Lipinski definition) is 1. The van der Waals surface area contributed by atoms with E-state index in [1.165, 1.54) is 33.0 Å². The number of benzene rings is 3.